The average Bonchev–Trinajstić information content (AvgIpc) is 3.24. The van der Waals surface area contributed by atoms with E-state index in [9.17, 15) is 4.79 Å². The molecule has 9 heteroatoms. The van der Waals surface area contributed by atoms with E-state index in [-0.39, 0.29) is 5.91 Å². The molecule has 0 saturated heterocycles. The first-order valence-corrected chi connectivity index (χ1v) is 9.88. The number of para-hydroxylation sites is 1. The van der Waals surface area contributed by atoms with Crippen molar-refractivity contribution in [3.05, 3.63) is 52.8 Å². The van der Waals surface area contributed by atoms with Crippen molar-refractivity contribution in [1.29, 1.82) is 0 Å². The highest BCUT2D eigenvalue weighted by Gasteiger charge is 2.19. The monoisotopic (exact) mass is 396 g/mol. The van der Waals surface area contributed by atoms with Crippen LogP contribution in [0.4, 0.5) is 5.69 Å². The van der Waals surface area contributed by atoms with Crippen LogP contribution in [0.15, 0.2) is 45.1 Å². The standard InChI is InChI=1S/C18H16N6OS2/c1-10-8-12(15-11(2)23-24(3)16(15)20-10)17(25)21-13-6-4-5-7-14(13)27-18-22-19-9-26-18/h4-9H,1-3H3,(H,21,25). The first kappa shape index (κ1) is 17.6. The minimum Gasteiger partial charge on any atom is -0.321 e. The largest absolute Gasteiger partial charge is 0.321 e. The van der Waals surface area contributed by atoms with Crippen LogP contribution in [0.5, 0.6) is 0 Å². The van der Waals surface area contributed by atoms with E-state index >= 15 is 0 Å². The number of fused-ring (bicyclic) bond motifs is 1. The van der Waals surface area contributed by atoms with Gasteiger partial charge in [-0.2, -0.15) is 5.10 Å². The average molecular weight is 397 g/mol. The molecule has 4 rings (SSSR count). The van der Waals surface area contributed by atoms with Gasteiger partial charge in [0.2, 0.25) is 0 Å². The number of carbonyl (C=O) groups is 1. The number of anilines is 1. The second-order valence-electron chi connectivity index (χ2n) is 5.98. The molecule has 4 aromatic rings. The Kier molecular flexibility index (Phi) is 4.63. The van der Waals surface area contributed by atoms with Gasteiger partial charge in [0.1, 0.15) is 5.51 Å². The zero-order valence-corrected chi connectivity index (χ0v) is 16.6. The van der Waals surface area contributed by atoms with Gasteiger partial charge in [-0.05, 0) is 32.0 Å². The molecule has 136 valence electrons. The van der Waals surface area contributed by atoms with Crippen LogP contribution in [0.3, 0.4) is 0 Å². The third-order valence-corrected chi connectivity index (χ3v) is 5.87. The summed E-state index contributed by atoms with van der Waals surface area (Å²) in [5.41, 5.74) is 5.24. The van der Waals surface area contributed by atoms with Gasteiger partial charge in [-0.25, -0.2) is 4.98 Å². The normalized spacial score (nSPS) is 11.1. The molecule has 1 amide bonds. The van der Waals surface area contributed by atoms with Gasteiger partial charge in [-0.3, -0.25) is 9.48 Å². The molecule has 1 N–H and O–H groups in total. The first-order chi connectivity index (χ1) is 13.0. The van der Waals surface area contributed by atoms with Crippen LogP contribution in [0, 0.1) is 13.8 Å². The zero-order chi connectivity index (χ0) is 19.0. The molecule has 0 aliphatic heterocycles. The van der Waals surface area contributed by atoms with Crippen molar-refractivity contribution in [2.45, 2.75) is 23.1 Å². The van der Waals surface area contributed by atoms with Crippen LogP contribution < -0.4 is 5.32 Å². The second kappa shape index (κ2) is 7.09. The van der Waals surface area contributed by atoms with Crippen LogP contribution in [0.25, 0.3) is 11.0 Å². The van der Waals surface area contributed by atoms with Crippen LogP contribution in [0.1, 0.15) is 21.7 Å². The zero-order valence-electron chi connectivity index (χ0n) is 14.9. The number of nitrogens with zero attached hydrogens (tertiary/aromatic N) is 5. The van der Waals surface area contributed by atoms with E-state index in [2.05, 4.69) is 25.6 Å². The highest BCUT2D eigenvalue weighted by atomic mass is 32.2. The number of nitrogens with one attached hydrogen (secondary N) is 1. The van der Waals surface area contributed by atoms with Gasteiger partial charge in [0.25, 0.3) is 5.91 Å². The Morgan fingerprint density at radius 3 is 2.85 bits per heavy atom. The summed E-state index contributed by atoms with van der Waals surface area (Å²) in [6, 6.07) is 9.45. The third-order valence-electron chi connectivity index (χ3n) is 4.01. The first-order valence-electron chi connectivity index (χ1n) is 8.18. The number of carbonyl (C=O) groups excluding carboxylic acids is 1. The van der Waals surface area contributed by atoms with Gasteiger partial charge in [0.05, 0.1) is 22.3 Å². The van der Waals surface area contributed by atoms with Crippen LogP contribution in [-0.4, -0.2) is 30.9 Å². The Balaban J connectivity index is 1.71. The van der Waals surface area contributed by atoms with Crippen molar-refractivity contribution in [3.63, 3.8) is 0 Å². The van der Waals surface area contributed by atoms with E-state index in [0.717, 1.165) is 31.7 Å². The second-order valence-corrected chi connectivity index (χ2v) is 8.10. The fourth-order valence-corrected chi connectivity index (χ4v) is 4.42. The molecule has 27 heavy (non-hydrogen) atoms. The minimum absolute atomic E-state index is 0.188. The molecule has 0 unspecified atom stereocenters. The van der Waals surface area contributed by atoms with Crippen molar-refractivity contribution >= 4 is 45.7 Å². The quantitative estimate of drug-likeness (QED) is 0.564. The number of pyridine rings is 1. The number of benzene rings is 1. The molecular formula is C18H16N6OS2. The number of hydrogen-bond acceptors (Lipinski definition) is 7. The van der Waals surface area contributed by atoms with Crippen LogP contribution in [-0.2, 0) is 7.05 Å². The van der Waals surface area contributed by atoms with E-state index < -0.39 is 0 Å². The fraction of sp³-hybridized carbons (Fsp3) is 0.167. The van der Waals surface area contributed by atoms with Crippen molar-refractivity contribution in [1.82, 2.24) is 25.0 Å². The molecule has 3 aromatic heterocycles. The Morgan fingerprint density at radius 1 is 1.26 bits per heavy atom. The molecule has 0 bridgehead atoms. The molecule has 0 aliphatic rings. The summed E-state index contributed by atoms with van der Waals surface area (Å²) in [7, 11) is 1.83. The van der Waals surface area contributed by atoms with Crippen LogP contribution >= 0.6 is 23.1 Å². The van der Waals surface area contributed by atoms with Crippen molar-refractivity contribution in [3.8, 4) is 0 Å². The minimum atomic E-state index is -0.188. The van der Waals surface area contributed by atoms with E-state index in [0.29, 0.717) is 11.2 Å². The van der Waals surface area contributed by atoms with Gasteiger partial charge in [0.15, 0.2) is 9.99 Å². The Morgan fingerprint density at radius 2 is 2.07 bits per heavy atom. The molecule has 3 heterocycles. The molecule has 0 saturated carbocycles. The predicted molar refractivity (Wildman–Crippen MR) is 106 cm³/mol. The van der Waals surface area contributed by atoms with Gasteiger partial charge in [-0.15, -0.1) is 10.2 Å². The number of amides is 1. The highest BCUT2D eigenvalue weighted by Crippen LogP contribution is 2.34. The molecule has 0 spiro atoms. The van der Waals surface area contributed by atoms with Crippen molar-refractivity contribution < 1.29 is 4.79 Å². The summed E-state index contributed by atoms with van der Waals surface area (Å²) < 4.78 is 2.52. The molecule has 0 aliphatic carbocycles. The van der Waals surface area contributed by atoms with Gasteiger partial charge in [-0.1, -0.05) is 35.2 Å². The van der Waals surface area contributed by atoms with E-state index in [4.69, 9.17) is 0 Å². The van der Waals surface area contributed by atoms with Crippen LogP contribution in [0.2, 0.25) is 0 Å². The number of aryl methyl sites for hydroxylation is 3. The smallest absolute Gasteiger partial charge is 0.256 e. The van der Waals surface area contributed by atoms with Crippen molar-refractivity contribution in [2.75, 3.05) is 5.32 Å². The summed E-state index contributed by atoms with van der Waals surface area (Å²) in [6.07, 6.45) is 0. The topological polar surface area (TPSA) is 85.6 Å². The maximum absolute atomic E-state index is 13.1. The third kappa shape index (κ3) is 3.43. The van der Waals surface area contributed by atoms with E-state index in [1.165, 1.54) is 23.1 Å². The Labute approximate surface area is 163 Å². The predicted octanol–water partition coefficient (Wildman–Crippen LogP) is 3.84. The lowest BCUT2D eigenvalue weighted by Gasteiger charge is -2.11. The number of aromatic nitrogens is 5. The molecule has 0 radical (unpaired) electrons. The van der Waals surface area contributed by atoms with E-state index in [1.807, 2.05) is 45.2 Å². The summed E-state index contributed by atoms with van der Waals surface area (Å²) in [5.74, 6) is -0.188. The van der Waals surface area contributed by atoms with Crippen molar-refractivity contribution in [2.24, 2.45) is 7.05 Å². The lowest BCUT2D eigenvalue weighted by molar-refractivity contribution is 0.102. The molecule has 1 aromatic carbocycles. The SMILES string of the molecule is Cc1cc(C(=O)Nc2ccccc2Sc2nncs2)c2c(C)nn(C)c2n1. The fourth-order valence-electron chi connectivity index (χ4n) is 2.90. The number of rotatable bonds is 4. The van der Waals surface area contributed by atoms with Gasteiger partial charge < -0.3 is 5.32 Å². The van der Waals surface area contributed by atoms with E-state index in [1.54, 1.807) is 16.3 Å². The highest BCUT2D eigenvalue weighted by molar-refractivity contribution is 8.01. The Hall–Kier alpha value is -2.78. The summed E-state index contributed by atoms with van der Waals surface area (Å²) in [6.45, 7) is 3.76. The maximum atomic E-state index is 13.1. The van der Waals surface area contributed by atoms with Gasteiger partial charge >= 0.3 is 0 Å². The lowest BCUT2D eigenvalue weighted by Crippen LogP contribution is -2.14. The summed E-state index contributed by atoms with van der Waals surface area (Å²) in [5, 5.41) is 16.1. The molecule has 0 fully saturated rings. The molecule has 7 nitrogen and oxygen atoms in total. The number of hydrogen-bond donors (Lipinski definition) is 1. The Bertz CT molecular complexity index is 1140. The maximum Gasteiger partial charge on any atom is 0.256 e. The van der Waals surface area contributed by atoms with Gasteiger partial charge in [0, 0.05) is 17.6 Å². The lowest BCUT2D eigenvalue weighted by atomic mass is 10.1. The molecule has 0 atom stereocenters. The summed E-state index contributed by atoms with van der Waals surface area (Å²) >= 11 is 2.93. The molecular weight excluding hydrogens is 380 g/mol. The summed E-state index contributed by atoms with van der Waals surface area (Å²) in [4.78, 5) is 18.5.